The van der Waals surface area contributed by atoms with Gasteiger partial charge in [0.1, 0.15) is 11.6 Å². The van der Waals surface area contributed by atoms with Crippen molar-refractivity contribution in [3.63, 3.8) is 0 Å². The van der Waals surface area contributed by atoms with Gasteiger partial charge in [0.15, 0.2) is 0 Å². The first-order valence-corrected chi connectivity index (χ1v) is 6.25. The van der Waals surface area contributed by atoms with Gasteiger partial charge >= 0.3 is 0 Å². The summed E-state index contributed by atoms with van der Waals surface area (Å²) < 4.78 is 18.4. The molecule has 96 valence electrons. The molecule has 0 aliphatic rings. The Morgan fingerprint density at radius 1 is 1.39 bits per heavy atom. The fourth-order valence-corrected chi connectivity index (χ4v) is 2.20. The summed E-state index contributed by atoms with van der Waals surface area (Å²) in [6, 6.07) is 6.39. The lowest BCUT2D eigenvalue weighted by Crippen LogP contribution is -2.14. The van der Waals surface area contributed by atoms with E-state index in [0.29, 0.717) is 6.42 Å². The topological polar surface area (TPSA) is 39.2 Å². The predicted molar refractivity (Wildman–Crippen MR) is 70.1 cm³/mol. The fourth-order valence-electron chi connectivity index (χ4n) is 2.00. The Kier molecular flexibility index (Phi) is 4.04. The Balaban J connectivity index is 2.16. The highest BCUT2D eigenvalue weighted by atomic mass is 35.5. The summed E-state index contributed by atoms with van der Waals surface area (Å²) in [6.07, 6.45) is 3.05. The average molecular weight is 268 g/mol. The standard InChI is InChI=1S/C14H15ClFNO/c1-2-14-10(5-6-18-14)13(17)8-9-3-4-12(16)11(15)7-9/h3-7,13H,2,8,17H2,1H3. The van der Waals surface area contributed by atoms with Gasteiger partial charge in [-0.05, 0) is 30.2 Å². The van der Waals surface area contributed by atoms with Gasteiger partial charge in [0.2, 0.25) is 0 Å². The summed E-state index contributed by atoms with van der Waals surface area (Å²) in [4.78, 5) is 0. The van der Waals surface area contributed by atoms with Crippen molar-refractivity contribution in [2.24, 2.45) is 5.73 Å². The first-order chi connectivity index (χ1) is 8.61. The summed E-state index contributed by atoms with van der Waals surface area (Å²) in [7, 11) is 0. The van der Waals surface area contributed by atoms with Gasteiger partial charge in [-0.1, -0.05) is 24.6 Å². The van der Waals surface area contributed by atoms with Crippen LogP contribution in [0.25, 0.3) is 0 Å². The predicted octanol–water partition coefficient (Wildman–Crippen LogP) is 3.88. The van der Waals surface area contributed by atoms with Crippen LogP contribution in [0.5, 0.6) is 0 Å². The zero-order valence-electron chi connectivity index (χ0n) is 10.1. The fraction of sp³-hybridized carbons (Fsp3) is 0.286. The zero-order chi connectivity index (χ0) is 13.1. The molecule has 0 fully saturated rings. The zero-order valence-corrected chi connectivity index (χ0v) is 10.9. The van der Waals surface area contributed by atoms with Gasteiger partial charge in [-0.25, -0.2) is 4.39 Å². The van der Waals surface area contributed by atoms with Gasteiger partial charge in [-0.2, -0.15) is 0 Å². The normalized spacial score (nSPS) is 12.7. The molecule has 4 heteroatoms. The van der Waals surface area contributed by atoms with Gasteiger partial charge in [-0.3, -0.25) is 0 Å². The van der Waals surface area contributed by atoms with E-state index in [2.05, 4.69) is 0 Å². The third kappa shape index (κ3) is 2.74. The number of hydrogen-bond donors (Lipinski definition) is 1. The van der Waals surface area contributed by atoms with E-state index in [-0.39, 0.29) is 11.1 Å². The van der Waals surface area contributed by atoms with Crippen LogP contribution in [0.15, 0.2) is 34.9 Å². The molecule has 0 aliphatic carbocycles. The lowest BCUT2D eigenvalue weighted by atomic mass is 9.99. The van der Waals surface area contributed by atoms with Crippen LogP contribution in [0.2, 0.25) is 5.02 Å². The van der Waals surface area contributed by atoms with Crippen LogP contribution in [0.1, 0.15) is 29.9 Å². The molecule has 2 aromatic rings. The second kappa shape index (κ2) is 5.55. The third-order valence-electron chi connectivity index (χ3n) is 2.94. The largest absolute Gasteiger partial charge is 0.469 e. The van der Waals surface area contributed by atoms with Crippen LogP contribution in [-0.4, -0.2) is 0 Å². The molecule has 2 N–H and O–H groups in total. The second-order valence-electron chi connectivity index (χ2n) is 4.21. The number of furan rings is 1. The molecule has 2 rings (SSSR count). The first-order valence-electron chi connectivity index (χ1n) is 5.87. The van der Waals surface area contributed by atoms with Crippen LogP contribution < -0.4 is 5.73 Å². The van der Waals surface area contributed by atoms with Gasteiger partial charge in [0.25, 0.3) is 0 Å². The number of nitrogens with two attached hydrogens (primary N) is 1. The van der Waals surface area contributed by atoms with E-state index >= 15 is 0 Å². The molecule has 0 spiro atoms. The minimum Gasteiger partial charge on any atom is -0.469 e. The van der Waals surface area contributed by atoms with Crippen molar-refractivity contribution < 1.29 is 8.81 Å². The molecular formula is C14H15ClFNO. The third-order valence-corrected chi connectivity index (χ3v) is 3.23. The van der Waals surface area contributed by atoms with Crippen molar-refractivity contribution in [3.05, 3.63) is 58.3 Å². The summed E-state index contributed by atoms with van der Waals surface area (Å²) in [5.74, 6) is 0.488. The number of aryl methyl sites for hydroxylation is 1. The van der Waals surface area contributed by atoms with E-state index in [1.165, 1.54) is 6.07 Å². The molecule has 1 unspecified atom stereocenters. The number of benzene rings is 1. The van der Waals surface area contributed by atoms with Crippen LogP contribution in [0.4, 0.5) is 4.39 Å². The number of halogens is 2. The highest BCUT2D eigenvalue weighted by Crippen LogP contribution is 2.23. The highest BCUT2D eigenvalue weighted by molar-refractivity contribution is 6.30. The van der Waals surface area contributed by atoms with E-state index in [9.17, 15) is 4.39 Å². The van der Waals surface area contributed by atoms with Crippen molar-refractivity contribution in [2.45, 2.75) is 25.8 Å². The van der Waals surface area contributed by atoms with Crippen molar-refractivity contribution in [1.29, 1.82) is 0 Å². The monoisotopic (exact) mass is 267 g/mol. The molecule has 0 aliphatic heterocycles. The second-order valence-corrected chi connectivity index (χ2v) is 4.62. The molecule has 1 aromatic carbocycles. The molecule has 2 nitrogen and oxygen atoms in total. The van der Waals surface area contributed by atoms with Crippen molar-refractivity contribution in [2.75, 3.05) is 0 Å². The summed E-state index contributed by atoms with van der Waals surface area (Å²) in [5, 5.41) is 0.127. The molecule has 0 saturated carbocycles. The quantitative estimate of drug-likeness (QED) is 0.913. The molecular weight excluding hydrogens is 253 g/mol. The summed E-state index contributed by atoms with van der Waals surface area (Å²) in [5.41, 5.74) is 8.05. The Morgan fingerprint density at radius 3 is 2.83 bits per heavy atom. The van der Waals surface area contributed by atoms with Gasteiger partial charge < -0.3 is 10.2 Å². The highest BCUT2D eigenvalue weighted by Gasteiger charge is 2.14. The molecule has 0 bridgehead atoms. The SMILES string of the molecule is CCc1occc1C(N)Cc1ccc(F)c(Cl)c1. The molecule has 0 amide bonds. The van der Waals surface area contributed by atoms with Crippen LogP contribution >= 0.6 is 11.6 Å². The van der Waals surface area contributed by atoms with Crippen molar-refractivity contribution in [1.82, 2.24) is 0 Å². The number of rotatable bonds is 4. The Labute approximate surface area is 111 Å². The van der Waals surface area contributed by atoms with Crippen molar-refractivity contribution in [3.8, 4) is 0 Å². The van der Waals surface area contributed by atoms with E-state index < -0.39 is 5.82 Å². The number of hydrogen-bond acceptors (Lipinski definition) is 2. The van der Waals surface area contributed by atoms with E-state index in [4.69, 9.17) is 21.8 Å². The van der Waals surface area contributed by atoms with E-state index in [1.807, 2.05) is 13.0 Å². The maximum Gasteiger partial charge on any atom is 0.141 e. The lowest BCUT2D eigenvalue weighted by molar-refractivity contribution is 0.505. The molecule has 1 aromatic heterocycles. The smallest absolute Gasteiger partial charge is 0.141 e. The van der Waals surface area contributed by atoms with Gasteiger partial charge in [-0.15, -0.1) is 0 Å². The minimum absolute atomic E-state index is 0.127. The maximum absolute atomic E-state index is 13.1. The Morgan fingerprint density at radius 2 is 2.17 bits per heavy atom. The lowest BCUT2D eigenvalue weighted by Gasteiger charge is -2.12. The average Bonchev–Trinajstić information content (AvgIpc) is 2.82. The molecule has 0 saturated heterocycles. The van der Waals surface area contributed by atoms with Crippen LogP contribution in [0.3, 0.4) is 0 Å². The molecule has 1 heterocycles. The summed E-state index contributed by atoms with van der Waals surface area (Å²) in [6.45, 7) is 2.02. The minimum atomic E-state index is -0.411. The molecule has 1 atom stereocenters. The van der Waals surface area contributed by atoms with Gasteiger partial charge in [0, 0.05) is 18.0 Å². The maximum atomic E-state index is 13.1. The first kappa shape index (κ1) is 13.1. The van der Waals surface area contributed by atoms with Crippen LogP contribution in [0, 0.1) is 5.82 Å². The molecule has 18 heavy (non-hydrogen) atoms. The van der Waals surface area contributed by atoms with Crippen LogP contribution in [-0.2, 0) is 12.8 Å². The van der Waals surface area contributed by atoms with Gasteiger partial charge in [0.05, 0.1) is 11.3 Å². The van der Waals surface area contributed by atoms with Crippen molar-refractivity contribution >= 4 is 11.6 Å². The van der Waals surface area contributed by atoms with E-state index in [0.717, 1.165) is 23.3 Å². The summed E-state index contributed by atoms with van der Waals surface area (Å²) >= 11 is 5.75. The Hall–Kier alpha value is -1.32. The van der Waals surface area contributed by atoms with E-state index in [1.54, 1.807) is 18.4 Å². The molecule has 0 radical (unpaired) electrons. The Bertz CT molecular complexity index is 538.